The first-order valence-electron chi connectivity index (χ1n) is 6.81. The third kappa shape index (κ3) is 3.08. The third-order valence-corrected chi connectivity index (χ3v) is 6.66. The summed E-state index contributed by atoms with van der Waals surface area (Å²) in [6.07, 6.45) is 0.924. The minimum absolute atomic E-state index is 0.0647. The molecule has 2 atom stereocenters. The fraction of sp³-hybridized carbons (Fsp3) is 0.571. The summed E-state index contributed by atoms with van der Waals surface area (Å²) in [4.78, 5) is 0.367. The van der Waals surface area contributed by atoms with E-state index in [0.29, 0.717) is 28.4 Å². The predicted molar refractivity (Wildman–Crippen MR) is 84.0 cm³/mol. The molecule has 1 fully saturated rings. The van der Waals surface area contributed by atoms with Crippen LogP contribution in [-0.2, 0) is 16.6 Å². The van der Waals surface area contributed by atoms with Gasteiger partial charge in [0.05, 0.1) is 4.90 Å². The molecule has 1 aromatic carbocycles. The molecule has 0 radical (unpaired) electrons. The third-order valence-electron chi connectivity index (χ3n) is 3.69. The van der Waals surface area contributed by atoms with Crippen molar-refractivity contribution in [2.45, 2.75) is 37.8 Å². The number of benzene rings is 1. The highest BCUT2D eigenvalue weighted by atomic mass is 79.9. The van der Waals surface area contributed by atoms with Crippen molar-refractivity contribution in [3.63, 3.8) is 0 Å². The molecular weight excluding hydrogens is 340 g/mol. The van der Waals surface area contributed by atoms with Crippen LogP contribution in [0, 0.1) is 5.92 Å². The Bertz CT molecular complexity index is 589. The second-order valence-corrected chi connectivity index (χ2v) is 8.27. The maximum Gasteiger partial charge on any atom is 0.244 e. The Kier molecular flexibility index (Phi) is 4.89. The Morgan fingerprint density at radius 1 is 1.40 bits per heavy atom. The zero-order valence-corrected chi connectivity index (χ0v) is 14.5. The number of rotatable bonds is 4. The molecule has 1 aromatic rings. The first-order valence-corrected chi connectivity index (χ1v) is 9.04. The van der Waals surface area contributed by atoms with Crippen LogP contribution in [0.4, 0.5) is 0 Å². The number of nitrogens with one attached hydrogen (secondary N) is 1. The summed E-state index contributed by atoms with van der Waals surface area (Å²) in [6, 6.07) is 5.56. The van der Waals surface area contributed by atoms with Crippen LogP contribution in [0.3, 0.4) is 0 Å². The lowest BCUT2D eigenvalue weighted by atomic mass is 10.1. The number of hydrogen-bond acceptors (Lipinski definition) is 3. The van der Waals surface area contributed by atoms with Gasteiger partial charge in [-0.05, 0) is 59.9 Å². The van der Waals surface area contributed by atoms with Crippen LogP contribution >= 0.6 is 15.9 Å². The molecule has 0 bridgehead atoms. The van der Waals surface area contributed by atoms with Gasteiger partial charge in [-0.3, -0.25) is 0 Å². The van der Waals surface area contributed by atoms with Crippen molar-refractivity contribution < 1.29 is 8.42 Å². The topological polar surface area (TPSA) is 49.4 Å². The molecule has 4 nitrogen and oxygen atoms in total. The van der Waals surface area contributed by atoms with E-state index in [0.717, 1.165) is 12.0 Å². The fourth-order valence-electron chi connectivity index (χ4n) is 2.78. The first-order chi connectivity index (χ1) is 9.36. The average Bonchev–Trinajstić information content (AvgIpc) is 2.72. The van der Waals surface area contributed by atoms with E-state index in [1.807, 2.05) is 26.1 Å². The number of sulfonamides is 1. The van der Waals surface area contributed by atoms with Crippen molar-refractivity contribution in [2.75, 3.05) is 13.6 Å². The molecule has 1 aliphatic heterocycles. The van der Waals surface area contributed by atoms with Crippen LogP contribution in [0.5, 0.6) is 0 Å². The van der Waals surface area contributed by atoms with Gasteiger partial charge in [-0.15, -0.1) is 0 Å². The molecule has 2 unspecified atom stereocenters. The molecule has 0 saturated carbocycles. The SMILES string of the molecule is CNCc1ccc(Br)c(S(=O)(=O)N2CC(C)CC2C)c1. The van der Waals surface area contributed by atoms with Crippen LogP contribution in [0.25, 0.3) is 0 Å². The molecule has 6 heteroatoms. The van der Waals surface area contributed by atoms with E-state index in [-0.39, 0.29) is 6.04 Å². The quantitative estimate of drug-likeness (QED) is 0.897. The summed E-state index contributed by atoms with van der Waals surface area (Å²) >= 11 is 3.37. The van der Waals surface area contributed by atoms with E-state index in [4.69, 9.17) is 0 Å². The van der Waals surface area contributed by atoms with Crippen molar-refractivity contribution in [2.24, 2.45) is 5.92 Å². The normalized spacial score (nSPS) is 24.2. The monoisotopic (exact) mass is 360 g/mol. The van der Waals surface area contributed by atoms with Crippen molar-refractivity contribution in [3.8, 4) is 0 Å². The van der Waals surface area contributed by atoms with Gasteiger partial charge in [0.15, 0.2) is 0 Å². The molecule has 112 valence electrons. The first kappa shape index (κ1) is 15.9. The second kappa shape index (κ2) is 6.13. The van der Waals surface area contributed by atoms with Gasteiger partial charge < -0.3 is 5.32 Å². The van der Waals surface area contributed by atoms with Crippen molar-refractivity contribution in [3.05, 3.63) is 28.2 Å². The Labute approximate surface area is 129 Å². The summed E-state index contributed by atoms with van der Waals surface area (Å²) in [5.41, 5.74) is 0.967. The van der Waals surface area contributed by atoms with Gasteiger partial charge in [0.25, 0.3) is 0 Å². The summed E-state index contributed by atoms with van der Waals surface area (Å²) < 4.78 is 27.9. The average molecular weight is 361 g/mol. The zero-order valence-electron chi connectivity index (χ0n) is 12.1. The van der Waals surface area contributed by atoms with Crippen LogP contribution in [-0.4, -0.2) is 32.4 Å². The Morgan fingerprint density at radius 2 is 2.10 bits per heavy atom. The van der Waals surface area contributed by atoms with Crippen LogP contribution < -0.4 is 5.32 Å². The van der Waals surface area contributed by atoms with Gasteiger partial charge >= 0.3 is 0 Å². The maximum absolute atomic E-state index is 12.8. The number of halogens is 1. The van der Waals surface area contributed by atoms with Gasteiger partial charge in [-0.2, -0.15) is 4.31 Å². The van der Waals surface area contributed by atoms with Crippen LogP contribution in [0.2, 0.25) is 0 Å². The van der Waals surface area contributed by atoms with E-state index in [9.17, 15) is 8.42 Å². The lowest BCUT2D eigenvalue weighted by molar-refractivity contribution is 0.405. The molecule has 0 spiro atoms. The molecule has 0 aliphatic carbocycles. The van der Waals surface area contributed by atoms with Gasteiger partial charge in [0, 0.05) is 23.6 Å². The van der Waals surface area contributed by atoms with Crippen LogP contribution in [0.15, 0.2) is 27.6 Å². The highest BCUT2D eigenvalue weighted by molar-refractivity contribution is 9.10. The van der Waals surface area contributed by atoms with Crippen LogP contribution in [0.1, 0.15) is 25.8 Å². The number of nitrogens with zero attached hydrogens (tertiary/aromatic N) is 1. The molecule has 2 rings (SSSR count). The van der Waals surface area contributed by atoms with Crippen molar-refractivity contribution >= 4 is 26.0 Å². The predicted octanol–water partition coefficient (Wildman–Crippen LogP) is 2.59. The lowest BCUT2D eigenvalue weighted by Crippen LogP contribution is -2.34. The molecule has 1 aliphatic rings. The minimum atomic E-state index is -3.43. The van der Waals surface area contributed by atoms with E-state index in [1.54, 1.807) is 10.4 Å². The summed E-state index contributed by atoms with van der Waals surface area (Å²) in [5.74, 6) is 0.416. The zero-order chi connectivity index (χ0) is 14.9. The molecule has 1 N–H and O–H groups in total. The molecule has 0 amide bonds. The molecule has 1 heterocycles. The van der Waals surface area contributed by atoms with Crippen molar-refractivity contribution in [1.82, 2.24) is 9.62 Å². The van der Waals surface area contributed by atoms with E-state index in [1.165, 1.54) is 0 Å². The largest absolute Gasteiger partial charge is 0.316 e. The lowest BCUT2D eigenvalue weighted by Gasteiger charge is -2.22. The van der Waals surface area contributed by atoms with Gasteiger partial charge in [0.2, 0.25) is 10.0 Å². The van der Waals surface area contributed by atoms with E-state index < -0.39 is 10.0 Å². The molecule has 0 aromatic heterocycles. The Morgan fingerprint density at radius 3 is 2.65 bits per heavy atom. The summed E-state index contributed by atoms with van der Waals surface area (Å²) in [6.45, 7) is 5.33. The number of hydrogen-bond donors (Lipinski definition) is 1. The molecular formula is C14H21BrN2O2S. The van der Waals surface area contributed by atoms with E-state index in [2.05, 4.69) is 28.2 Å². The Hall–Kier alpha value is -0.430. The highest BCUT2D eigenvalue weighted by Crippen LogP contribution is 2.32. The summed E-state index contributed by atoms with van der Waals surface area (Å²) in [5, 5.41) is 3.04. The van der Waals surface area contributed by atoms with E-state index >= 15 is 0 Å². The van der Waals surface area contributed by atoms with Gasteiger partial charge in [-0.1, -0.05) is 13.0 Å². The van der Waals surface area contributed by atoms with Crippen molar-refractivity contribution in [1.29, 1.82) is 0 Å². The second-order valence-electron chi connectivity index (χ2n) is 5.56. The summed E-state index contributed by atoms with van der Waals surface area (Å²) in [7, 11) is -1.59. The molecule has 20 heavy (non-hydrogen) atoms. The minimum Gasteiger partial charge on any atom is -0.316 e. The maximum atomic E-state index is 12.8. The molecule has 1 saturated heterocycles. The highest BCUT2D eigenvalue weighted by Gasteiger charge is 2.36. The fourth-order valence-corrected chi connectivity index (χ4v) is 5.52. The van der Waals surface area contributed by atoms with Gasteiger partial charge in [0.1, 0.15) is 0 Å². The smallest absolute Gasteiger partial charge is 0.244 e. The standard InChI is InChI=1S/C14H21BrN2O2S/c1-10-6-11(2)17(9-10)20(18,19)14-7-12(8-16-3)4-5-13(14)15/h4-5,7,10-11,16H,6,8-9H2,1-3H3. The Balaban J connectivity index is 2.41. The van der Waals surface area contributed by atoms with Gasteiger partial charge in [-0.25, -0.2) is 8.42 Å².